The van der Waals surface area contributed by atoms with Gasteiger partial charge in [0.25, 0.3) is 0 Å². The number of aryl methyl sites for hydroxylation is 1. The molecule has 1 aromatic carbocycles. The molecule has 0 aliphatic heterocycles. The summed E-state index contributed by atoms with van der Waals surface area (Å²) in [6.07, 6.45) is 6.50. The lowest BCUT2D eigenvalue weighted by Crippen LogP contribution is -1.83. The predicted octanol–water partition coefficient (Wildman–Crippen LogP) is 6.91. The SMILES string of the molecule is CCCCCCc1cc(-c2ccc(I)cc2)sc1Br. The molecule has 0 saturated carbocycles. The topological polar surface area (TPSA) is 0 Å². The number of rotatable bonds is 6. The van der Waals surface area contributed by atoms with E-state index in [1.807, 2.05) is 11.3 Å². The Kier molecular flexibility index (Phi) is 6.36. The lowest BCUT2D eigenvalue weighted by molar-refractivity contribution is 0.667. The molecule has 0 aliphatic rings. The molecule has 0 nitrogen and oxygen atoms in total. The third-order valence-electron chi connectivity index (χ3n) is 3.19. The monoisotopic (exact) mass is 448 g/mol. The molecule has 0 aliphatic carbocycles. The molecule has 0 atom stereocenters. The van der Waals surface area contributed by atoms with Gasteiger partial charge < -0.3 is 0 Å². The van der Waals surface area contributed by atoms with Crippen LogP contribution in [-0.2, 0) is 6.42 Å². The van der Waals surface area contributed by atoms with E-state index in [9.17, 15) is 0 Å². The average molecular weight is 449 g/mol. The molecule has 0 N–H and O–H groups in total. The summed E-state index contributed by atoms with van der Waals surface area (Å²) in [6, 6.07) is 11.1. The Morgan fingerprint density at radius 1 is 1.11 bits per heavy atom. The fourth-order valence-corrected chi connectivity index (χ4v) is 4.21. The second-order valence-electron chi connectivity index (χ2n) is 4.73. The maximum atomic E-state index is 3.72. The van der Waals surface area contributed by atoms with Crippen LogP contribution in [0.4, 0.5) is 0 Å². The summed E-state index contributed by atoms with van der Waals surface area (Å²) in [7, 11) is 0. The third kappa shape index (κ3) is 4.57. The van der Waals surface area contributed by atoms with E-state index in [-0.39, 0.29) is 0 Å². The predicted molar refractivity (Wildman–Crippen MR) is 98.0 cm³/mol. The third-order valence-corrected chi connectivity index (χ3v) is 5.91. The summed E-state index contributed by atoms with van der Waals surface area (Å²) >= 11 is 7.91. The Bertz CT molecular complexity index is 516. The van der Waals surface area contributed by atoms with Crippen LogP contribution in [0.5, 0.6) is 0 Å². The first kappa shape index (κ1) is 15.5. The van der Waals surface area contributed by atoms with Crippen molar-refractivity contribution in [2.45, 2.75) is 39.0 Å². The van der Waals surface area contributed by atoms with Crippen LogP contribution < -0.4 is 0 Å². The summed E-state index contributed by atoms with van der Waals surface area (Å²) < 4.78 is 2.59. The van der Waals surface area contributed by atoms with Gasteiger partial charge in [-0.3, -0.25) is 0 Å². The van der Waals surface area contributed by atoms with Crippen molar-refractivity contribution in [3.8, 4) is 10.4 Å². The standard InChI is InChI=1S/C16H18BrIS/c1-2-3-4-5-6-13-11-15(19-16(13)17)12-7-9-14(18)10-8-12/h7-11H,2-6H2,1H3. The van der Waals surface area contributed by atoms with Crippen molar-refractivity contribution in [3.63, 3.8) is 0 Å². The van der Waals surface area contributed by atoms with Crippen molar-refractivity contribution in [1.82, 2.24) is 0 Å². The van der Waals surface area contributed by atoms with Crippen LogP contribution in [-0.4, -0.2) is 0 Å². The molecule has 102 valence electrons. The second-order valence-corrected chi connectivity index (χ2v) is 8.34. The average Bonchev–Trinajstić information content (AvgIpc) is 2.77. The largest absolute Gasteiger partial charge is 0.128 e. The summed E-state index contributed by atoms with van der Waals surface area (Å²) in [4.78, 5) is 1.37. The van der Waals surface area contributed by atoms with Gasteiger partial charge >= 0.3 is 0 Å². The molecule has 0 radical (unpaired) electrons. The van der Waals surface area contributed by atoms with E-state index in [0.717, 1.165) is 0 Å². The smallest absolute Gasteiger partial charge is 0.0737 e. The Labute approximate surface area is 141 Å². The first-order valence-electron chi connectivity index (χ1n) is 6.75. The number of thiophene rings is 1. The number of benzene rings is 1. The summed E-state index contributed by atoms with van der Waals surface area (Å²) in [5.41, 5.74) is 2.79. The zero-order valence-electron chi connectivity index (χ0n) is 11.1. The normalized spacial score (nSPS) is 10.9. The fourth-order valence-electron chi connectivity index (χ4n) is 2.08. The summed E-state index contributed by atoms with van der Waals surface area (Å²) in [6.45, 7) is 2.26. The molecule has 0 saturated heterocycles. The van der Waals surface area contributed by atoms with Crippen LogP contribution in [0.15, 0.2) is 34.1 Å². The fraction of sp³-hybridized carbons (Fsp3) is 0.375. The molecule has 0 unspecified atom stereocenters. The Hall–Kier alpha value is 0.130. The Morgan fingerprint density at radius 3 is 2.53 bits per heavy atom. The first-order chi connectivity index (χ1) is 9.20. The van der Waals surface area contributed by atoms with Crippen molar-refractivity contribution < 1.29 is 0 Å². The highest BCUT2D eigenvalue weighted by atomic mass is 127. The van der Waals surface area contributed by atoms with Gasteiger partial charge in [0.1, 0.15) is 0 Å². The molecule has 0 spiro atoms. The van der Waals surface area contributed by atoms with Crippen LogP contribution in [0, 0.1) is 3.57 Å². The van der Waals surface area contributed by atoms with Crippen molar-refractivity contribution in [3.05, 3.63) is 43.3 Å². The molecule has 3 heteroatoms. The van der Waals surface area contributed by atoms with E-state index < -0.39 is 0 Å². The van der Waals surface area contributed by atoms with Gasteiger partial charge in [-0.2, -0.15) is 0 Å². The minimum atomic E-state index is 1.20. The van der Waals surface area contributed by atoms with Crippen molar-refractivity contribution >= 4 is 49.9 Å². The van der Waals surface area contributed by atoms with E-state index in [2.05, 4.69) is 75.8 Å². The number of hydrogen-bond acceptors (Lipinski definition) is 1. The van der Waals surface area contributed by atoms with Crippen LogP contribution in [0.3, 0.4) is 0 Å². The lowest BCUT2D eigenvalue weighted by Gasteiger charge is -1.98. The molecule has 1 heterocycles. The van der Waals surface area contributed by atoms with E-state index in [4.69, 9.17) is 0 Å². The molecule has 0 fully saturated rings. The molecular formula is C16H18BrIS. The van der Waals surface area contributed by atoms with Crippen LogP contribution in [0.25, 0.3) is 10.4 Å². The molecular weight excluding hydrogens is 431 g/mol. The first-order valence-corrected chi connectivity index (χ1v) is 9.43. The summed E-state index contributed by atoms with van der Waals surface area (Å²) in [5, 5.41) is 0. The van der Waals surface area contributed by atoms with Crippen LogP contribution in [0.2, 0.25) is 0 Å². The molecule has 1 aromatic heterocycles. The van der Waals surface area contributed by atoms with Gasteiger partial charge in [0, 0.05) is 8.45 Å². The lowest BCUT2D eigenvalue weighted by atomic mass is 10.1. The number of unbranched alkanes of at least 4 members (excludes halogenated alkanes) is 3. The van der Waals surface area contributed by atoms with Gasteiger partial charge in [0.2, 0.25) is 0 Å². The Morgan fingerprint density at radius 2 is 1.84 bits per heavy atom. The zero-order valence-corrected chi connectivity index (χ0v) is 15.6. The zero-order chi connectivity index (χ0) is 13.7. The van der Waals surface area contributed by atoms with Gasteiger partial charge in [-0.05, 0) is 80.7 Å². The van der Waals surface area contributed by atoms with Gasteiger partial charge in [-0.1, -0.05) is 38.3 Å². The quantitative estimate of drug-likeness (QED) is 0.332. The minimum Gasteiger partial charge on any atom is -0.128 e. The van der Waals surface area contributed by atoms with E-state index >= 15 is 0 Å². The highest BCUT2D eigenvalue weighted by Crippen LogP contribution is 2.36. The van der Waals surface area contributed by atoms with Crippen LogP contribution >= 0.6 is 49.9 Å². The highest BCUT2D eigenvalue weighted by molar-refractivity contribution is 14.1. The van der Waals surface area contributed by atoms with Gasteiger partial charge in [0.15, 0.2) is 0 Å². The molecule has 2 aromatic rings. The van der Waals surface area contributed by atoms with Gasteiger partial charge in [0.05, 0.1) is 3.79 Å². The van der Waals surface area contributed by atoms with E-state index in [0.29, 0.717) is 0 Å². The maximum Gasteiger partial charge on any atom is 0.0737 e. The minimum absolute atomic E-state index is 1.20. The Balaban J connectivity index is 2.05. The molecule has 2 rings (SSSR count). The number of hydrogen-bond donors (Lipinski definition) is 0. The van der Waals surface area contributed by atoms with Crippen LogP contribution in [0.1, 0.15) is 38.2 Å². The molecule has 0 bridgehead atoms. The maximum absolute atomic E-state index is 3.72. The number of halogens is 2. The van der Waals surface area contributed by atoms with Gasteiger partial charge in [-0.25, -0.2) is 0 Å². The second kappa shape index (κ2) is 7.79. The van der Waals surface area contributed by atoms with E-state index in [1.54, 1.807) is 0 Å². The van der Waals surface area contributed by atoms with Gasteiger partial charge in [-0.15, -0.1) is 11.3 Å². The van der Waals surface area contributed by atoms with Crippen molar-refractivity contribution in [2.75, 3.05) is 0 Å². The van der Waals surface area contributed by atoms with Crippen molar-refractivity contribution in [1.29, 1.82) is 0 Å². The highest BCUT2D eigenvalue weighted by Gasteiger charge is 2.08. The molecule has 19 heavy (non-hydrogen) atoms. The summed E-state index contributed by atoms with van der Waals surface area (Å²) in [5.74, 6) is 0. The van der Waals surface area contributed by atoms with E-state index in [1.165, 1.54) is 55.5 Å². The molecule has 0 amide bonds. The van der Waals surface area contributed by atoms with Crippen molar-refractivity contribution in [2.24, 2.45) is 0 Å².